The van der Waals surface area contributed by atoms with E-state index in [1.165, 1.54) is 51.7 Å². The quantitative estimate of drug-likeness (QED) is 0.696. The molecule has 0 aromatic rings. The molecule has 100 valence electrons. The Hall–Kier alpha value is -0.0400. The highest BCUT2D eigenvalue weighted by molar-refractivity contribution is 4.85. The molecule has 1 heterocycles. The number of likely N-dealkylation sites (tertiary alicyclic amines) is 1. The molecular formula is C16H31N. The Kier molecular flexibility index (Phi) is 4.18. The topological polar surface area (TPSA) is 3.24 Å². The molecule has 1 heteroatoms. The van der Waals surface area contributed by atoms with Crippen LogP contribution in [0.15, 0.2) is 0 Å². The second kappa shape index (κ2) is 5.30. The lowest BCUT2D eigenvalue weighted by Gasteiger charge is -2.32. The van der Waals surface area contributed by atoms with Crippen LogP contribution in [0.2, 0.25) is 0 Å². The maximum atomic E-state index is 2.73. The van der Waals surface area contributed by atoms with E-state index in [0.29, 0.717) is 5.41 Å². The van der Waals surface area contributed by atoms with Crippen molar-refractivity contribution >= 4 is 0 Å². The highest BCUT2D eigenvalue weighted by Crippen LogP contribution is 2.42. The van der Waals surface area contributed by atoms with Crippen LogP contribution in [0.1, 0.15) is 59.8 Å². The Morgan fingerprint density at radius 3 is 2.18 bits per heavy atom. The minimum Gasteiger partial charge on any atom is -0.303 e. The fourth-order valence-corrected chi connectivity index (χ4v) is 3.64. The first-order chi connectivity index (χ1) is 7.95. The van der Waals surface area contributed by atoms with Crippen molar-refractivity contribution in [3.63, 3.8) is 0 Å². The van der Waals surface area contributed by atoms with Crippen molar-refractivity contribution in [2.45, 2.75) is 59.8 Å². The molecule has 1 nitrogen and oxygen atoms in total. The van der Waals surface area contributed by atoms with Gasteiger partial charge in [0.2, 0.25) is 0 Å². The van der Waals surface area contributed by atoms with Crippen molar-refractivity contribution in [2.24, 2.45) is 23.2 Å². The molecule has 0 aromatic heterocycles. The summed E-state index contributed by atoms with van der Waals surface area (Å²) in [6, 6.07) is 0. The van der Waals surface area contributed by atoms with Crippen LogP contribution in [0.3, 0.4) is 0 Å². The normalized spacial score (nSPS) is 33.2. The van der Waals surface area contributed by atoms with E-state index in [1.54, 1.807) is 0 Å². The van der Waals surface area contributed by atoms with Gasteiger partial charge >= 0.3 is 0 Å². The molecule has 0 N–H and O–H groups in total. The fourth-order valence-electron chi connectivity index (χ4n) is 3.64. The van der Waals surface area contributed by atoms with E-state index in [2.05, 4.69) is 32.6 Å². The van der Waals surface area contributed by atoms with Crippen molar-refractivity contribution in [2.75, 3.05) is 19.6 Å². The second-order valence-electron chi connectivity index (χ2n) is 7.73. The molecule has 0 unspecified atom stereocenters. The van der Waals surface area contributed by atoms with Gasteiger partial charge in [0.25, 0.3) is 0 Å². The minimum absolute atomic E-state index is 0.533. The van der Waals surface area contributed by atoms with Crippen molar-refractivity contribution in [3.8, 4) is 0 Å². The van der Waals surface area contributed by atoms with Crippen molar-refractivity contribution in [1.29, 1.82) is 0 Å². The molecule has 2 rings (SSSR count). The van der Waals surface area contributed by atoms with Crippen molar-refractivity contribution < 1.29 is 0 Å². The minimum atomic E-state index is 0.533. The average molecular weight is 237 g/mol. The van der Waals surface area contributed by atoms with Gasteiger partial charge in [-0.25, -0.2) is 0 Å². The van der Waals surface area contributed by atoms with E-state index in [0.717, 1.165) is 17.8 Å². The van der Waals surface area contributed by atoms with E-state index in [9.17, 15) is 0 Å². The van der Waals surface area contributed by atoms with Crippen LogP contribution >= 0.6 is 0 Å². The first-order valence-electron chi connectivity index (χ1n) is 7.67. The Morgan fingerprint density at radius 2 is 1.65 bits per heavy atom. The predicted octanol–water partition coefficient (Wildman–Crippen LogP) is 4.18. The van der Waals surface area contributed by atoms with Crippen LogP contribution in [0.4, 0.5) is 0 Å². The zero-order valence-corrected chi connectivity index (χ0v) is 12.3. The number of hydrogen-bond donors (Lipinski definition) is 0. The summed E-state index contributed by atoms with van der Waals surface area (Å²) >= 11 is 0. The molecule has 2 fully saturated rings. The second-order valence-corrected chi connectivity index (χ2v) is 7.73. The summed E-state index contributed by atoms with van der Waals surface area (Å²) in [7, 11) is 0. The van der Waals surface area contributed by atoms with E-state index < -0.39 is 0 Å². The molecule has 2 atom stereocenters. The number of piperidine rings is 1. The largest absolute Gasteiger partial charge is 0.303 e. The average Bonchev–Trinajstić information content (AvgIpc) is 2.69. The Labute approximate surface area is 108 Å². The standard InChI is InChI=1S/C16H31N/c1-13-7-9-17(10-8-13)12-14-5-6-15(11-14)16(2,3)4/h13-15H,5-12H2,1-4H3/t14-,15+/m0/s1. The van der Waals surface area contributed by atoms with Crippen LogP contribution in [-0.2, 0) is 0 Å². The lowest BCUT2D eigenvalue weighted by molar-refractivity contribution is 0.160. The van der Waals surface area contributed by atoms with Crippen molar-refractivity contribution in [3.05, 3.63) is 0 Å². The third-order valence-electron chi connectivity index (χ3n) is 5.16. The van der Waals surface area contributed by atoms with Crippen LogP contribution in [0, 0.1) is 23.2 Å². The molecule has 0 amide bonds. The first kappa shape index (κ1) is 13.4. The van der Waals surface area contributed by atoms with Gasteiger partial charge in [0.15, 0.2) is 0 Å². The highest BCUT2D eigenvalue weighted by atomic mass is 15.1. The molecule has 17 heavy (non-hydrogen) atoms. The van der Waals surface area contributed by atoms with E-state index in [-0.39, 0.29) is 0 Å². The molecule has 1 aliphatic carbocycles. The summed E-state index contributed by atoms with van der Waals surface area (Å²) < 4.78 is 0. The van der Waals surface area contributed by atoms with Gasteiger partial charge < -0.3 is 4.90 Å². The maximum absolute atomic E-state index is 2.73. The van der Waals surface area contributed by atoms with Gasteiger partial charge in [0.05, 0.1) is 0 Å². The fraction of sp³-hybridized carbons (Fsp3) is 1.00. The van der Waals surface area contributed by atoms with Crippen LogP contribution in [-0.4, -0.2) is 24.5 Å². The molecule has 2 aliphatic rings. The van der Waals surface area contributed by atoms with Crippen molar-refractivity contribution in [1.82, 2.24) is 4.90 Å². The van der Waals surface area contributed by atoms with E-state index in [1.807, 2.05) is 0 Å². The third-order valence-corrected chi connectivity index (χ3v) is 5.16. The van der Waals surface area contributed by atoms with Crippen LogP contribution < -0.4 is 0 Å². The lowest BCUT2D eigenvalue weighted by atomic mass is 9.79. The van der Waals surface area contributed by atoms with Gasteiger partial charge in [-0.2, -0.15) is 0 Å². The summed E-state index contributed by atoms with van der Waals surface area (Å²) in [5.74, 6) is 2.93. The summed E-state index contributed by atoms with van der Waals surface area (Å²) in [6.45, 7) is 13.8. The Morgan fingerprint density at radius 1 is 1.00 bits per heavy atom. The molecular weight excluding hydrogens is 206 g/mol. The zero-order chi connectivity index (χ0) is 12.5. The van der Waals surface area contributed by atoms with Gasteiger partial charge in [0.1, 0.15) is 0 Å². The highest BCUT2D eigenvalue weighted by Gasteiger charge is 2.33. The monoisotopic (exact) mass is 237 g/mol. The maximum Gasteiger partial charge on any atom is 0.000977 e. The Balaban J connectivity index is 1.74. The van der Waals surface area contributed by atoms with E-state index in [4.69, 9.17) is 0 Å². The zero-order valence-electron chi connectivity index (χ0n) is 12.3. The summed E-state index contributed by atoms with van der Waals surface area (Å²) in [5, 5.41) is 0. The number of hydrogen-bond acceptors (Lipinski definition) is 1. The van der Waals surface area contributed by atoms with Gasteiger partial charge in [-0.15, -0.1) is 0 Å². The Bertz CT molecular complexity index is 232. The molecule has 0 spiro atoms. The number of nitrogens with zero attached hydrogens (tertiary/aromatic N) is 1. The molecule has 0 radical (unpaired) electrons. The summed E-state index contributed by atoms with van der Waals surface area (Å²) in [6.07, 6.45) is 7.28. The smallest absolute Gasteiger partial charge is 0.000977 e. The van der Waals surface area contributed by atoms with Crippen LogP contribution in [0.5, 0.6) is 0 Å². The van der Waals surface area contributed by atoms with Gasteiger partial charge in [-0.05, 0) is 68.4 Å². The molecule has 0 aromatic carbocycles. The number of rotatable bonds is 2. The first-order valence-corrected chi connectivity index (χ1v) is 7.67. The van der Waals surface area contributed by atoms with Gasteiger partial charge in [0, 0.05) is 6.54 Å². The van der Waals surface area contributed by atoms with Gasteiger partial charge in [-0.1, -0.05) is 27.7 Å². The lowest BCUT2D eigenvalue weighted by Crippen LogP contribution is -2.36. The molecule has 1 saturated heterocycles. The third kappa shape index (κ3) is 3.71. The molecule has 0 bridgehead atoms. The summed E-state index contributed by atoms with van der Waals surface area (Å²) in [4.78, 5) is 2.73. The molecule has 1 aliphatic heterocycles. The molecule has 1 saturated carbocycles. The van der Waals surface area contributed by atoms with Crippen LogP contribution in [0.25, 0.3) is 0 Å². The van der Waals surface area contributed by atoms with Gasteiger partial charge in [-0.3, -0.25) is 0 Å². The SMILES string of the molecule is CC1CCN(C[C@H]2CC[C@@H](C(C)(C)C)C2)CC1. The predicted molar refractivity (Wildman–Crippen MR) is 75.1 cm³/mol. The summed E-state index contributed by atoms with van der Waals surface area (Å²) in [5.41, 5.74) is 0.533. The van der Waals surface area contributed by atoms with E-state index >= 15 is 0 Å².